The van der Waals surface area contributed by atoms with Crippen LogP contribution in [-0.2, 0) is 4.79 Å². The van der Waals surface area contributed by atoms with Crippen molar-refractivity contribution in [3.8, 4) is 6.07 Å². The van der Waals surface area contributed by atoms with Gasteiger partial charge in [-0.05, 0) is 18.6 Å². The van der Waals surface area contributed by atoms with Crippen LogP contribution in [0.25, 0.3) is 0 Å². The first-order valence-corrected chi connectivity index (χ1v) is 5.78. The molecule has 0 radical (unpaired) electrons. The van der Waals surface area contributed by atoms with Crippen LogP contribution in [0.1, 0.15) is 17.5 Å². The van der Waals surface area contributed by atoms with Crippen molar-refractivity contribution < 1.29 is 9.59 Å². The van der Waals surface area contributed by atoms with E-state index in [0.29, 0.717) is 11.3 Å². The SMILES string of the molecule is Cc1cccc(NC(=O)NC(=O)CCCl)c1C#N. The highest BCUT2D eigenvalue weighted by Gasteiger charge is 2.10. The Morgan fingerprint density at radius 1 is 1.44 bits per heavy atom. The molecule has 1 aromatic rings. The number of nitrogens with one attached hydrogen (secondary N) is 2. The standard InChI is InChI=1S/C12H12ClN3O2/c1-8-3-2-4-10(9(8)7-14)15-12(18)16-11(17)5-6-13/h2-4H,5-6H2,1H3,(H2,15,16,17,18). The average Bonchev–Trinajstić information content (AvgIpc) is 2.29. The molecule has 0 bridgehead atoms. The Morgan fingerprint density at radius 3 is 2.78 bits per heavy atom. The van der Waals surface area contributed by atoms with Crippen molar-refractivity contribution in [1.29, 1.82) is 5.26 Å². The molecule has 18 heavy (non-hydrogen) atoms. The summed E-state index contributed by atoms with van der Waals surface area (Å²) < 4.78 is 0. The van der Waals surface area contributed by atoms with E-state index >= 15 is 0 Å². The Labute approximate surface area is 110 Å². The summed E-state index contributed by atoms with van der Waals surface area (Å²) in [5, 5.41) is 13.5. The molecule has 0 unspecified atom stereocenters. The van der Waals surface area contributed by atoms with Gasteiger partial charge in [-0.25, -0.2) is 4.79 Å². The number of anilines is 1. The van der Waals surface area contributed by atoms with Gasteiger partial charge in [-0.1, -0.05) is 12.1 Å². The lowest BCUT2D eigenvalue weighted by Gasteiger charge is -2.09. The van der Waals surface area contributed by atoms with Gasteiger partial charge >= 0.3 is 6.03 Å². The fourth-order valence-electron chi connectivity index (χ4n) is 1.35. The van der Waals surface area contributed by atoms with E-state index in [1.54, 1.807) is 25.1 Å². The number of benzene rings is 1. The van der Waals surface area contributed by atoms with Gasteiger partial charge in [0.15, 0.2) is 0 Å². The van der Waals surface area contributed by atoms with Crippen molar-refractivity contribution in [2.24, 2.45) is 0 Å². The van der Waals surface area contributed by atoms with Gasteiger partial charge in [0.25, 0.3) is 0 Å². The number of amides is 3. The molecule has 6 heteroatoms. The second kappa shape index (κ2) is 6.62. The summed E-state index contributed by atoms with van der Waals surface area (Å²) in [4.78, 5) is 22.6. The van der Waals surface area contributed by atoms with Crippen molar-refractivity contribution >= 4 is 29.2 Å². The van der Waals surface area contributed by atoms with Crippen LogP contribution in [0.3, 0.4) is 0 Å². The van der Waals surface area contributed by atoms with Crippen LogP contribution in [-0.4, -0.2) is 17.8 Å². The van der Waals surface area contributed by atoms with Gasteiger partial charge in [-0.2, -0.15) is 5.26 Å². The molecule has 0 aliphatic carbocycles. The van der Waals surface area contributed by atoms with Gasteiger partial charge in [-0.3, -0.25) is 10.1 Å². The summed E-state index contributed by atoms with van der Waals surface area (Å²) in [6.07, 6.45) is 0.0634. The van der Waals surface area contributed by atoms with Crippen molar-refractivity contribution in [3.63, 3.8) is 0 Å². The topological polar surface area (TPSA) is 82.0 Å². The molecule has 0 saturated carbocycles. The van der Waals surface area contributed by atoms with E-state index in [-0.39, 0.29) is 12.3 Å². The van der Waals surface area contributed by atoms with Crippen LogP contribution in [0, 0.1) is 18.3 Å². The van der Waals surface area contributed by atoms with Gasteiger partial charge in [0, 0.05) is 12.3 Å². The third-order valence-electron chi connectivity index (χ3n) is 2.21. The zero-order chi connectivity index (χ0) is 13.5. The molecule has 0 atom stereocenters. The van der Waals surface area contributed by atoms with Gasteiger partial charge in [0.2, 0.25) is 5.91 Å². The lowest BCUT2D eigenvalue weighted by atomic mass is 10.1. The normalized spacial score (nSPS) is 9.39. The van der Waals surface area contributed by atoms with E-state index in [2.05, 4.69) is 10.6 Å². The number of carbonyl (C=O) groups excluding carboxylic acids is 2. The number of hydrogen-bond donors (Lipinski definition) is 2. The number of carbonyl (C=O) groups is 2. The van der Waals surface area contributed by atoms with Crippen LogP contribution in [0.2, 0.25) is 0 Å². The lowest BCUT2D eigenvalue weighted by molar-refractivity contribution is -0.119. The molecule has 0 spiro atoms. The van der Waals surface area contributed by atoms with Crippen LogP contribution < -0.4 is 10.6 Å². The maximum absolute atomic E-state index is 11.5. The van der Waals surface area contributed by atoms with Crippen LogP contribution >= 0.6 is 11.6 Å². The van der Waals surface area contributed by atoms with Crippen LogP contribution in [0.15, 0.2) is 18.2 Å². The Hall–Kier alpha value is -2.06. The van der Waals surface area contributed by atoms with Crippen molar-refractivity contribution in [3.05, 3.63) is 29.3 Å². The molecular weight excluding hydrogens is 254 g/mol. The molecule has 3 amide bonds. The summed E-state index contributed by atoms with van der Waals surface area (Å²) in [7, 11) is 0. The summed E-state index contributed by atoms with van der Waals surface area (Å²) in [6.45, 7) is 1.76. The predicted molar refractivity (Wildman–Crippen MR) is 68.4 cm³/mol. The Balaban J connectivity index is 2.74. The quantitative estimate of drug-likeness (QED) is 0.822. The Bertz CT molecular complexity index is 509. The van der Waals surface area contributed by atoms with Crippen molar-refractivity contribution in [2.45, 2.75) is 13.3 Å². The minimum Gasteiger partial charge on any atom is -0.306 e. The molecule has 0 fully saturated rings. The zero-order valence-electron chi connectivity index (χ0n) is 9.79. The molecule has 2 N–H and O–H groups in total. The third-order valence-corrected chi connectivity index (χ3v) is 2.40. The second-order valence-corrected chi connectivity index (χ2v) is 3.93. The van der Waals surface area contributed by atoms with Crippen LogP contribution in [0.4, 0.5) is 10.5 Å². The molecule has 5 nitrogen and oxygen atoms in total. The van der Waals surface area contributed by atoms with Crippen molar-refractivity contribution in [1.82, 2.24) is 5.32 Å². The highest BCUT2D eigenvalue weighted by atomic mass is 35.5. The van der Waals surface area contributed by atoms with Crippen molar-refractivity contribution in [2.75, 3.05) is 11.2 Å². The number of aryl methyl sites for hydroxylation is 1. The first kappa shape index (κ1) is 14.0. The number of rotatable bonds is 3. The van der Waals surface area contributed by atoms with E-state index in [4.69, 9.17) is 16.9 Å². The highest BCUT2D eigenvalue weighted by Crippen LogP contribution is 2.17. The van der Waals surface area contributed by atoms with E-state index in [9.17, 15) is 9.59 Å². The number of halogens is 1. The smallest absolute Gasteiger partial charge is 0.306 e. The summed E-state index contributed by atoms with van der Waals surface area (Å²) in [5.41, 5.74) is 1.49. The lowest BCUT2D eigenvalue weighted by Crippen LogP contribution is -2.34. The molecule has 0 aliphatic rings. The minimum absolute atomic E-state index is 0.0634. The number of urea groups is 1. The highest BCUT2D eigenvalue weighted by molar-refractivity contribution is 6.19. The number of hydrogen-bond acceptors (Lipinski definition) is 3. The number of nitriles is 1. The number of imide groups is 1. The largest absolute Gasteiger partial charge is 0.325 e. The Kier molecular flexibility index (Phi) is 5.15. The molecule has 0 heterocycles. The maximum Gasteiger partial charge on any atom is 0.325 e. The summed E-state index contributed by atoms with van der Waals surface area (Å²) in [5.74, 6) is -0.318. The molecule has 1 aromatic carbocycles. The van der Waals surface area contributed by atoms with Gasteiger partial charge in [-0.15, -0.1) is 11.6 Å². The molecule has 0 saturated heterocycles. The summed E-state index contributed by atoms with van der Waals surface area (Å²) >= 11 is 5.37. The molecular formula is C12H12ClN3O2. The predicted octanol–water partition coefficient (Wildman–Crippen LogP) is 2.14. The monoisotopic (exact) mass is 265 g/mol. The van der Waals surface area contributed by atoms with Gasteiger partial charge < -0.3 is 5.32 Å². The third kappa shape index (κ3) is 3.75. The molecule has 0 aliphatic heterocycles. The zero-order valence-corrected chi connectivity index (χ0v) is 10.5. The number of alkyl halides is 1. The molecule has 94 valence electrons. The van der Waals surface area contributed by atoms with Gasteiger partial charge in [0.1, 0.15) is 6.07 Å². The fraction of sp³-hybridized carbons (Fsp3) is 0.250. The molecule has 0 aromatic heterocycles. The van der Waals surface area contributed by atoms with Gasteiger partial charge in [0.05, 0.1) is 11.3 Å². The Morgan fingerprint density at radius 2 is 2.17 bits per heavy atom. The van der Waals surface area contributed by atoms with E-state index < -0.39 is 11.9 Å². The maximum atomic E-state index is 11.5. The van der Waals surface area contributed by atoms with E-state index in [1.165, 1.54) is 0 Å². The van der Waals surface area contributed by atoms with E-state index in [1.807, 2.05) is 6.07 Å². The summed E-state index contributed by atoms with van der Waals surface area (Å²) in [6, 6.07) is 6.40. The molecule has 1 rings (SSSR count). The van der Waals surface area contributed by atoms with E-state index in [0.717, 1.165) is 5.56 Å². The first-order valence-electron chi connectivity index (χ1n) is 5.25. The first-order chi connectivity index (χ1) is 8.58. The minimum atomic E-state index is -0.674. The van der Waals surface area contributed by atoms with Crippen LogP contribution in [0.5, 0.6) is 0 Å². The number of nitrogens with zero attached hydrogens (tertiary/aromatic N) is 1. The average molecular weight is 266 g/mol. The second-order valence-electron chi connectivity index (χ2n) is 3.55. The fourth-order valence-corrected chi connectivity index (χ4v) is 1.52.